The number of carbonyl (C=O) groups is 2. The van der Waals surface area contributed by atoms with Gasteiger partial charge in [0.05, 0.1) is 17.1 Å². The van der Waals surface area contributed by atoms with Crippen molar-refractivity contribution in [2.45, 2.75) is 38.1 Å². The lowest BCUT2D eigenvalue weighted by Crippen LogP contribution is -2.54. The van der Waals surface area contributed by atoms with Gasteiger partial charge < -0.3 is 20.7 Å². The standard InChI is InChI=1S/C24H29N3O3S/c1-6-12-30-23(29)18-15(5)25-21-20(22(28)27-24(26-21)31-13-7-2)19(18)17-10-8-16(9-11-17)14(3)4/h6-11,14,19,24-26H,1-2,12-13H2,3-5H3,(H,27,28). The summed E-state index contributed by atoms with van der Waals surface area (Å²) in [5, 5.41) is 9.52. The Balaban J connectivity index is 2.05. The summed E-state index contributed by atoms with van der Waals surface area (Å²) in [5.74, 6) is 0.448. The Labute approximate surface area is 187 Å². The van der Waals surface area contributed by atoms with Crippen LogP contribution in [0.3, 0.4) is 0 Å². The number of carbonyl (C=O) groups excluding carboxylic acids is 2. The lowest BCUT2D eigenvalue weighted by atomic mass is 9.80. The summed E-state index contributed by atoms with van der Waals surface area (Å²) >= 11 is 1.52. The van der Waals surface area contributed by atoms with E-state index in [1.165, 1.54) is 23.4 Å². The fraction of sp³-hybridized carbons (Fsp3) is 0.333. The number of rotatable bonds is 8. The van der Waals surface area contributed by atoms with Gasteiger partial charge in [-0.15, -0.1) is 18.3 Å². The lowest BCUT2D eigenvalue weighted by molar-refractivity contribution is -0.138. The van der Waals surface area contributed by atoms with E-state index in [0.29, 0.717) is 34.3 Å². The second-order valence-electron chi connectivity index (χ2n) is 7.71. The Bertz CT molecular complexity index is 947. The molecule has 31 heavy (non-hydrogen) atoms. The van der Waals surface area contributed by atoms with Crippen LogP contribution in [0.1, 0.15) is 43.7 Å². The molecule has 0 saturated heterocycles. The van der Waals surface area contributed by atoms with Gasteiger partial charge in [-0.05, 0) is 24.0 Å². The maximum Gasteiger partial charge on any atom is 0.337 e. The van der Waals surface area contributed by atoms with Crippen molar-refractivity contribution < 1.29 is 14.3 Å². The van der Waals surface area contributed by atoms with E-state index in [2.05, 4.69) is 43.0 Å². The number of dihydropyridines is 1. The van der Waals surface area contributed by atoms with Crippen molar-refractivity contribution in [2.75, 3.05) is 12.4 Å². The lowest BCUT2D eigenvalue weighted by Gasteiger charge is -2.37. The van der Waals surface area contributed by atoms with E-state index in [0.717, 1.165) is 5.56 Å². The molecule has 164 valence electrons. The summed E-state index contributed by atoms with van der Waals surface area (Å²) in [7, 11) is 0. The summed E-state index contributed by atoms with van der Waals surface area (Å²) in [6, 6.07) is 8.05. The van der Waals surface area contributed by atoms with Gasteiger partial charge in [0.25, 0.3) is 5.91 Å². The molecule has 0 spiro atoms. The Hall–Kier alpha value is -2.93. The van der Waals surface area contributed by atoms with Crippen molar-refractivity contribution >= 4 is 23.6 Å². The largest absolute Gasteiger partial charge is 0.458 e. The average molecular weight is 440 g/mol. The Morgan fingerprint density at radius 2 is 1.90 bits per heavy atom. The molecule has 3 N–H and O–H groups in total. The van der Waals surface area contributed by atoms with Crippen molar-refractivity contribution in [3.63, 3.8) is 0 Å². The zero-order valence-electron chi connectivity index (χ0n) is 18.2. The van der Waals surface area contributed by atoms with Crippen LogP contribution in [0.25, 0.3) is 0 Å². The molecule has 2 heterocycles. The van der Waals surface area contributed by atoms with Crippen molar-refractivity contribution in [2.24, 2.45) is 0 Å². The first-order valence-corrected chi connectivity index (χ1v) is 11.3. The zero-order valence-corrected chi connectivity index (χ0v) is 19.0. The van der Waals surface area contributed by atoms with Crippen LogP contribution < -0.4 is 16.0 Å². The second kappa shape index (κ2) is 9.92. The van der Waals surface area contributed by atoms with Gasteiger partial charge in [-0.2, -0.15) is 0 Å². The van der Waals surface area contributed by atoms with Crippen LogP contribution in [0.2, 0.25) is 0 Å². The molecule has 0 bridgehead atoms. The van der Waals surface area contributed by atoms with Gasteiger partial charge in [0, 0.05) is 11.4 Å². The molecule has 0 fully saturated rings. The van der Waals surface area contributed by atoms with Crippen molar-refractivity contribution in [3.8, 4) is 0 Å². The predicted octanol–water partition coefficient (Wildman–Crippen LogP) is 3.63. The van der Waals surface area contributed by atoms with Crippen LogP contribution in [0.15, 0.2) is 72.2 Å². The van der Waals surface area contributed by atoms with Gasteiger partial charge >= 0.3 is 5.97 Å². The minimum Gasteiger partial charge on any atom is -0.458 e. The number of amides is 1. The molecule has 0 saturated carbocycles. The average Bonchev–Trinajstić information content (AvgIpc) is 2.75. The molecule has 1 amide bonds. The topological polar surface area (TPSA) is 79.5 Å². The summed E-state index contributed by atoms with van der Waals surface area (Å²) in [6.07, 6.45) is 3.31. The highest BCUT2D eigenvalue weighted by Crippen LogP contribution is 2.40. The Morgan fingerprint density at radius 3 is 2.52 bits per heavy atom. The number of ether oxygens (including phenoxy) is 1. The predicted molar refractivity (Wildman–Crippen MR) is 125 cm³/mol. The Morgan fingerprint density at radius 1 is 1.19 bits per heavy atom. The molecule has 2 aliphatic rings. The molecule has 2 aliphatic heterocycles. The van der Waals surface area contributed by atoms with Crippen LogP contribution in [-0.2, 0) is 14.3 Å². The minimum absolute atomic E-state index is 0.102. The normalized spacial score (nSPS) is 20.5. The van der Waals surface area contributed by atoms with Gasteiger partial charge in [-0.1, -0.05) is 56.8 Å². The van der Waals surface area contributed by atoms with Crippen molar-refractivity contribution in [3.05, 3.63) is 83.4 Å². The number of hydrogen-bond acceptors (Lipinski definition) is 6. The van der Waals surface area contributed by atoms with E-state index < -0.39 is 11.9 Å². The molecule has 1 aromatic rings. The highest BCUT2D eigenvalue weighted by molar-refractivity contribution is 8.00. The van der Waals surface area contributed by atoms with Crippen LogP contribution in [-0.4, -0.2) is 29.7 Å². The summed E-state index contributed by atoms with van der Waals surface area (Å²) in [6.45, 7) is 13.5. The van der Waals surface area contributed by atoms with Crippen molar-refractivity contribution in [1.29, 1.82) is 0 Å². The molecular weight excluding hydrogens is 410 g/mol. The number of nitrogens with one attached hydrogen (secondary N) is 3. The number of benzene rings is 1. The molecule has 1 aromatic carbocycles. The quantitative estimate of drug-likeness (QED) is 0.424. The monoisotopic (exact) mass is 439 g/mol. The minimum atomic E-state index is -0.548. The molecule has 7 heteroatoms. The van der Waals surface area contributed by atoms with Gasteiger partial charge in [-0.3, -0.25) is 4.79 Å². The number of allylic oxidation sites excluding steroid dienone is 1. The molecule has 3 rings (SSSR count). The maximum absolute atomic E-state index is 13.2. The molecule has 2 unspecified atom stereocenters. The third kappa shape index (κ3) is 4.88. The van der Waals surface area contributed by atoms with Crippen LogP contribution in [0.5, 0.6) is 0 Å². The van der Waals surface area contributed by atoms with E-state index >= 15 is 0 Å². The number of hydrogen-bond donors (Lipinski definition) is 3. The number of esters is 1. The molecular formula is C24H29N3O3S. The third-order valence-corrected chi connectivity index (χ3v) is 6.21. The Kier molecular flexibility index (Phi) is 7.28. The molecule has 0 aromatic heterocycles. The van der Waals surface area contributed by atoms with E-state index in [9.17, 15) is 9.59 Å². The highest BCUT2D eigenvalue weighted by atomic mass is 32.2. The SMILES string of the molecule is C=CCOC(=O)C1=C(C)NC2=C(C(=O)NC(SCC=C)N2)C1c1ccc(C(C)C)cc1. The van der Waals surface area contributed by atoms with E-state index in [-0.39, 0.29) is 18.0 Å². The van der Waals surface area contributed by atoms with Crippen LogP contribution >= 0.6 is 11.8 Å². The zero-order chi connectivity index (χ0) is 22.5. The van der Waals surface area contributed by atoms with Crippen LogP contribution in [0.4, 0.5) is 0 Å². The molecule has 2 atom stereocenters. The first-order chi connectivity index (χ1) is 14.9. The third-order valence-electron chi connectivity index (χ3n) is 5.21. The second-order valence-corrected chi connectivity index (χ2v) is 8.85. The first-order valence-electron chi connectivity index (χ1n) is 10.3. The van der Waals surface area contributed by atoms with Gasteiger partial charge in [0.1, 0.15) is 17.9 Å². The fourth-order valence-electron chi connectivity index (χ4n) is 3.69. The van der Waals surface area contributed by atoms with Crippen LogP contribution in [0, 0.1) is 0 Å². The molecule has 6 nitrogen and oxygen atoms in total. The fourth-order valence-corrected chi connectivity index (χ4v) is 4.41. The smallest absolute Gasteiger partial charge is 0.337 e. The first kappa shape index (κ1) is 22.7. The summed E-state index contributed by atoms with van der Waals surface area (Å²) in [4.78, 5) is 26.1. The van der Waals surface area contributed by atoms with Gasteiger partial charge in [-0.25, -0.2) is 4.79 Å². The molecule has 0 radical (unpaired) electrons. The molecule has 0 aliphatic carbocycles. The van der Waals surface area contributed by atoms with E-state index in [1.807, 2.05) is 31.2 Å². The van der Waals surface area contributed by atoms with E-state index in [1.54, 1.807) is 6.08 Å². The maximum atomic E-state index is 13.2. The van der Waals surface area contributed by atoms with E-state index in [4.69, 9.17) is 4.74 Å². The van der Waals surface area contributed by atoms with Crippen molar-refractivity contribution in [1.82, 2.24) is 16.0 Å². The summed E-state index contributed by atoms with van der Waals surface area (Å²) in [5.41, 5.74) is 3.31. The van der Waals surface area contributed by atoms with Gasteiger partial charge in [0.2, 0.25) is 0 Å². The summed E-state index contributed by atoms with van der Waals surface area (Å²) < 4.78 is 5.36. The number of thioether (sulfide) groups is 1. The van der Waals surface area contributed by atoms with Gasteiger partial charge in [0.15, 0.2) is 0 Å². The highest BCUT2D eigenvalue weighted by Gasteiger charge is 2.41.